The number of aromatic nitrogens is 3. The SMILES string of the molecule is CN(C)C/C=C/C(=O)Nc1ccc(C(=O)N2CCC(Nc3ncc(Cl)c(-c4c[nH]c5ccccc45)n3)CC2)cc1F. The summed E-state index contributed by atoms with van der Waals surface area (Å²) in [6, 6.07) is 12.1. The van der Waals surface area contributed by atoms with E-state index in [1.54, 1.807) is 17.2 Å². The van der Waals surface area contributed by atoms with E-state index >= 15 is 0 Å². The normalized spacial score (nSPS) is 14.2. The molecule has 1 fully saturated rings. The number of likely N-dealkylation sites (N-methyl/N-ethyl adjacent to an activating group) is 1. The molecule has 0 bridgehead atoms. The Morgan fingerprint density at radius 2 is 1.98 bits per heavy atom. The molecule has 2 aromatic heterocycles. The second-order valence-corrected chi connectivity index (χ2v) is 10.6. The molecule has 0 saturated carbocycles. The Morgan fingerprint density at radius 3 is 2.73 bits per heavy atom. The van der Waals surface area contributed by atoms with Crippen molar-refractivity contribution in [1.29, 1.82) is 0 Å². The van der Waals surface area contributed by atoms with Crippen LogP contribution in [0, 0.1) is 5.82 Å². The van der Waals surface area contributed by atoms with Crippen LogP contribution >= 0.6 is 11.6 Å². The minimum Gasteiger partial charge on any atom is -0.360 e. The molecule has 3 N–H and O–H groups in total. The topological polar surface area (TPSA) is 106 Å². The van der Waals surface area contributed by atoms with Gasteiger partial charge in [-0.05, 0) is 51.2 Å². The van der Waals surface area contributed by atoms with Crippen LogP contribution in [0.4, 0.5) is 16.0 Å². The van der Waals surface area contributed by atoms with Crippen molar-refractivity contribution in [1.82, 2.24) is 24.8 Å². The molecule has 0 spiro atoms. The summed E-state index contributed by atoms with van der Waals surface area (Å²) in [4.78, 5) is 41.0. The fourth-order valence-electron chi connectivity index (χ4n) is 4.78. The zero-order valence-electron chi connectivity index (χ0n) is 22.8. The van der Waals surface area contributed by atoms with E-state index < -0.39 is 11.7 Å². The summed E-state index contributed by atoms with van der Waals surface area (Å²) in [6.45, 7) is 1.58. The van der Waals surface area contributed by atoms with Crippen LogP contribution in [-0.2, 0) is 4.79 Å². The van der Waals surface area contributed by atoms with Crippen molar-refractivity contribution in [3.05, 3.63) is 83.4 Å². The number of piperidine rings is 1. The molecule has 4 aromatic rings. The summed E-state index contributed by atoms with van der Waals surface area (Å²) >= 11 is 6.46. The lowest BCUT2D eigenvalue weighted by molar-refractivity contribution is -0.111. The summed E-state index contributed by atoms with van der Waals surface area (Å²) in [5.74, 6) is -0.878. The zero-order chi connectivity index (χ0) is 28.9. The molecular weight excluding hydrogens is 545 g/mol. The molecule has 0 radical (unpaired) electrons. The number of nitrogens with zero attached hydrogens (tertiary/aromatic N) is 4. The van der Waals surface area contributed by atoms with E-state index in [0.29, 0.717) is 49.1 Å². The molecule has 41 heavy (non-hydrogen) atoms. The van der Waals surface area contributed by atoms with Gasteiger partial charge in [-0.15, -0.1) is 0 Å². The number of H-pyrrole nitrogens is 1. The molecule has 1 aliphatic rings. The maximum Gasteiger partial charge on any atom is 0.253 e. The van der Waals surface area contributed by atoms with Crippen molar-refractivity contribution < 1.29 is 14.0 Å². The number of likely N-dealkylation sites (tertiary alicyclic amines) is 1. The number of benzene rings is 2. The smallest absolute Gasteiger partial charge is 0.253 e. The number of anilines is 2. The standard InChI is InChI=1S/C30H31ClFN7O2/c1-38(2)13-5-8-27(40)36-26-10-9-19(16-24(26)32)29(41)39-14-11-20(12-15-39)35-30-34-18-23(31)28(37-30)22-17-33-25-7-4-3-6-21(22)25/h3-10,16-18,20,33H,11-15H2,1-2H3,(H,36,40)(H,34,35,37)/b8-5+. The first-order valence-corrected chi connectivity index (χ1v) is 13.7. The number of amides is 2. The quantitative estimate of drug-likeness (QED) is 0.250. The average molecular weight is 576 g/mol. The van der Waals surface area contributed by atoms with Gasteiger partial charge in [0.1, 0.15) is 5.82 Å². The number of aromatic amines is 1. The molecule has 1 saturated heterocycles. The van der Waals surface area contributed by atoms with E-state index in [2.05, 4.69) is 20.6 Å². The average Bonchev–Trinajstić information content (AvgIpc) is 3.39. The lowest BCUT2D eigenvalue weighted by atomic mass is 10.0. The van der Waals surface area contributed by atoms with Gasteiger partial charge in [-0.3, -0.25) is 9.59 Å². The second kappa shape index (κ2) is 12.5. The fourth-order valence-corrected chi connectivity index (χ4v) is 4.97. The van der Waals surface area contributed by atoms with Crippen molar-refractivity contribution in [2.75, 3.05) is 44.4 Å². The van der Waals surface area contributed by atoms with E-state index in [9.17, 15) is 14.0 Å². The molecule has 9 nitrogen and oxygen atoms in total. The number of carbonyl (C=O) groups excluding carboxylic acids is 2. The number of halogens is 2. The highest BCUT2D eigenvalue weighted by Crippen LogP contribution is 2.32. The number of fused-ring (bicyclic) bond motifs is 1. The van der Waals surface area contributed by atoms with Crippen molar-refractivity contribution in [3.63, 3.8) is 0 Å². The van der Waals surface area contributed by atoms with E-state index in [4.69, 9.17) is 16.6 Å². The summed E-state index contributed by atoms with van der Waals surface area (Å²) in [7, 11) is 3.76. The molecule has 212 valence electrons. The summed E-state index contributed by atoms with van der Waals surface area (Å²) in [5, 5.41) is 7.37. The van der Waals surface area contributed by atoms with Crippen molar-refractivity contribution in [3.8, 4) is 11.3 Å². The van der Waals surface area contributed by atoms with Crippen LogP contribution in [0.25, 0.3) is 22.2 Å². The lowest BCUT2D eigenvalue weighted by Crippen LogP contribution is -2.42. The van der Waals surface area contributed by atoms with Crippen LogP contribution in [0.3, 0.4) is 0 Å². The fraction of sp³-hybridized carbons (Fsp3) is 0.267. The van der Waals surface area contributed by atoms with E-state index in [-0.39, 0.29) is 23.2 Å². The Kier molecular flexibility index (Phi) is 8.61. The van der Waals surface area contributed by atoms with Gasteiger partial charge in [0.15, 0.2) is 0 Å². The van der Waals surface area contributed by atoms with Crippen LogP contribution in [0.15, 0.2) is 67.0 Å². The molecule has 3 heterocycles. The number of hydrogen-bond donors (Lipinski definition) is 3. The molecule has 0 atom stereocenters. The van der Waals surface area contributed by atoms with E-state index in [1.807, 2.05) is 49.5 Å². The Balaban J connectivity index is 1.18. The molecule has 5 rings (SSSR count). The highest BCUT2D eigenvalue weighted by atomic mass is 35.5. The largest absolute Gasteiger partial charge is 0.360 e. The van der Waals surface area contributed by atoms with Crippen molar-refractivity contribution in [2.24, 2.45) is 0 Å². The third-order valence-corrected chi connectivity index (χ3v) is 7.19. The van der Waals surface area contributed by atoms with Crippen molar-refractivity contribution >= 4 is 46.0 Å². The molecule has 0 aliphatic carbocycles. The number of carbonyl (C=O) groups is 2. The van der Waals surface area contributed by atoms with Crippen LogP contribution in [-0.4, -0.2) is 76.3 Å². The minimum atomic E-state index is -0.660. The summed E-state index contributed by atoms with van der Waals surface area (Å²) in [5.41, 5.74) is 2.80. The molecule has 0 unspecified atom stereocenters. The van der Waals surface area contributed by atoms with Gasteiger partial charge >= 0.3 is 0 Å². The number of para-hydroxylation sites is 1. The Labute approximate surface area is 242 Å². The van der Waals surface area contributed by atoms with Gasteiger partial charge in [-0.1, -0.05) is 35.9 Å². The van der Waals surface area contributed by atoms with Gasteiger partial charge in [-0.25, -0.2) is 14.4 Å². The summed E-state index contributed by atoms with van der Waals surface area (Å²) in [6.07, 6.45) is 7.87. The minimum absolute atomic E-state index is 0.0268. The second-order valence-electron chi connectivity index (χ2n) is 10.2. The highest BCUT2D eigenvalue weighted by molar-refractivity contribution is 6.33. The molecule has 1 aliphatic heterocycles. The molecule has 2 aromatic carbocycles. The predicted molar refractivity (Wildman–Crippen MR) is 160 cm³/mol. The van der Waals surface area contributed by atoms with Gasteiger partial charge in [-0.2, -0.15) is 0 Å². The third kappa shape index (κ3) is 6.72. The first-order valence-electron chi connectivity index (χ1n) is 13.3. The Bertz CT molecular complexity index is 1600. The first-order chi connectivity index (χ1) is 19.8. The van der Waals surface area contributed by atoms with Gasteiger partial charge in [0, 0.05) is 60.0 Å². The molecule has 11 heteroatoms. The molecular formula is C30H31ClFN7O2. The summed E-state index contributed by atoms with van der Waals surface area (Å²) < 4.78 is 14.7. The predicted octanol–water partition coefficient (Wildman–Crippen LogP) is 5.19. The Morgan fingerprint density at radius 1 is 1.20 bits per heavy atom. The Hall–Kier alpha value is -4.28. The third-order valence-electron chi connectivity index (χ3n) is 6.92. The number of hydrogen-bond acceptors (Lipinski definition) is 6. The maximum atomic E-state index is 14.7. The van der Waals surface area contributed by atoms with E-state index in [0.717, 1.165) is 16.5 Å². The van der Waals surface area contributed by atoms with Gasteiger partial charge in [0.25, 0.3) is 5.91 Å². The van der Waals surface area contributed by atoms with Crippen LogP contribution in [0.5, 0.6) is 0 Å². The van der Waals surface area contributed by atoms with E-state index in [1.165, 1.54) is 24.3 Å². The van der Waals surface area contributed by atoms with Crippen LogP contribution in [0.2, 0.25) is 5.02 Å². The van der Waals surface area contributed by atoms with Gasteiger partial charge < -0.3 is 25.4 Å². The van der Waals surface area contributed by atoms with Crippen molar-refractivity contribution in [2.45, 2.75) is 18.9 Å². The van der Waals surface area contributed by atoms with Crippen LogP contribution < -0.4 is 10.6 Å². The zero-order valence-corrected chi connectivity index (χ0v) is 23.6. The van der Waals surface area contributed by atoms with Gasteiger partial charge in [0.2, 0.25) is 11.9 Å². The first kappa shape index (κ1) is 28.3. The van der Waals surface area contributed by atoms with Crippen LogP contribution in [0.1, 0.15) is 23.2 Å². The lowest BCUT2D eigenvalue weighted by Gasteiger charge is -2.32. The number of rotatable bonds is 8. The van der Waals surface area contributed by atoms with Gasteiger partial charge in [0.05, 0.1) is 22.6 Å². The maximum absolute atomic E-state index is 14.7. The molecule has 2 amide bonds. The highest BCUT2D eigenvalue weighted by Gasteiger charge is 2.25. The number of nitrogens with one attached hydrogen (secondary N) is 3. The monoisotopic (exact) mass is 575 g/mol.